The predicted octanol–water partition coefficient (Wildman–Crippen LogP) is 0.0544. The second kappa shape index (κ2) is 4.82. The first-order valence-corrected chi connectivity index (χ1v) is 6.23. The van der Waals surface area contributed by atoms with Crippen LogP contribution in [0.4, 0.5) is 0 Å². The average Bonchev–Trinajstić information content (AvgIpc) is 2.27. The van der Waals surface area contributed by atoms with Gasteiger partial charge < -0.3 is 15.6 Å². The Morgan fingerprint density at radius 2 is 2.12 bits per heavy atom. The van der Waals surface area contributed by atoms with Gasteiger partial charge in [-0.1, -0.05) is 6.07 Å². The standard InChI is InChI=1S/C10H15NO4S/c1-7-3-4-8(15-2)9(5-7)16(13,14)10(11)6-12/h3-5,10,12H,6,11H2,1-2H3. The van der Waals surface area contributed by atoms with Crippen LogP contribution in [0.25, 0.3) is 0 Å². The summed E-state index contributed by atoms with van der Waals surface area (Å²) in [6.07, 6.45) is 0. The minimum absolute atomic E-state index is 0.0107. The maximum Gasteiger partial charge on any atom is 0.199 e. The third-order valence-electron chi connectivity index (χ3n) is 2.20. The monoisotopic (exact) mass is 245 g/mol. The molecule has 0 aliphatic rings. The van der Waals surface area contributed by atoms with Crippen LogP contribution >= 0.6 is 0 Å². The molecule has 0 aliphatic heterocycles. The van der Waals surface area contributed by atoms with Crippen LogP contribution in [0.2, 0.25) is 0 Å². The Balaban J connectivity index is 3.37. The van der Waals surface area contributed by atoms with Gasteiger partial charge in [-0.2, -0.15) is 0 Å². The molecule has 0 radical (unpaired) electrons. The summed E-state index contributed by atoms with van der Waals surface area (Å²) in [6.45, 7) is 1.14. The van der Waals surface area contributed by atoms with Crippen molar-refractivity contribution in [2.75, 3.05) is 13.7 Å². The molecule has 0 aliphatic carbocycles. The molecule has 16 heavy (non-hydrogen) atoms. The van der Waals surface area contributed by atoms with Gasteiger partial charge in [-0.3, -0.25) is 0 Å². The van der Waals surface area contributed by atoms with Crippen molar-refractivity contribution < 1.29 is 18.3 Å². The Bertz CT molecular complexity index is 470. The van der Waals surface area contributed by atoms with Crippen molar-refractivity contribution in [2.45, 2.75) is 17.2 Å². The van der Waals surface area contributed by atoms with Gasteiger partial charge in [0, 0.05) is 0 Å². The molecule has 1 aromatic carbocycles. The Morgan fingerprint density at radius 3 is 2.62 bits per heavy atom. The summed E-state index contributed by atoms with van der Waals surface area (Å²) in [4.78, 5) is 0.0107. The van der Waals surface area contributed by atoms with Gasteiger partial charge >= 0.3 is 0 Å². The van der Waals surface area contributed by atoms with Crippen molar-refractivity contribution in [1.82, 2.24) is 0 Å². The van der Waals surface area contributed by atoms with Gasteiger partial charge in [-0.05, 0) is 24.6 Å². The molecule has 0 saturated carbocycles. The van der Waals surface area contributed by atoms with Crippen LogP contribution in [0.5, 0.6) is 5.75 Å². The zero-order valence-corrected chi connectivity index (χ0v) is 9.99. The van der Waals surface area contributed by atoms with Crippen LogP contribution in [0, 0.1) is 6.92 Å². The van der Waals surface area contributed by atoms with E-state index in [1.807, 2.05) is 0 Å². The molecule has 0 spiro atoms. The summed E-state index contributed by atoms with van der Waals surface area (Å²) in [5, 5.41) is 7.49. The minimum atomic E-state index is -3.75. The van der Waals surface area contributed by atoms with Crippen molar-refractivity contribution in [1.29, 1.82) is 0 Å². The summed E-state index contributed by atoms with van der Waals surface area (Å²) in [6, 6.07) is 4.78. The van der Waals surface area contributed by atoms with Crippen molar-refractivity contribution in [3.05, 3.63) is 23.8 Å². The first-order chi connectivity index (χ1) is 7.43. The largest absolute Gasteiger partial charge is 0.495 e. The quantitative estimate of drug-likeness (QED) is 0.782. The van der Waals surface area contributed by atoms with Gasteiger partial charge in [0.2, 0.25) is 0 Å². The van der Waals surface area contributed by atoms with E-state index in [0.717, 1.165) is 5.56 Å². The molecule has 0 heterocycles. The fourth-order valence-electron chi connectivity index (χ4n) is 1.27. The number of hydrogen-bond acceptors (Lipinski definition) is 5. The molecule has 3 N–H and O–H groups in total. The van der Waals surface area contributed by atoms with E-state index in [0.29, 0.717) is 0 Å². The molecule has 0 aromatic heterocycles. The van der Waals surface area contributed by atoms with E-state index in [1.54, 1.807) is 19.1 Å². The lowest BCUT2D eigenvalue weighted by Gasteiger charge is -2.13. The molecule has 1 atom stereocenters. The number of hydrogen-bond donors (Lipinski definition) is 2. The van der Waals surface area contributed by atoms with E-state index in [2.05, 4.69) is 0 Å². The van der Waals surface area contributed by atoms with Crippen LogP contribution in [0.3, 0.4) is 0 Å². The SMILES string of the molecule is COc1ccc(C)cc1S(=O)(=O)C(N)CO. The maximum absolute atomic E-state index is 11.9. The molecule has 0 bridgehead atoms. The second-order valence-corrected chi connectivity index (χ2v) is 5.56. The molecule has 0 saturated heterocycles. The zero-order valence-electron chi connectivity index (χ0n) is 9.17. The number of sulfone groups is 1. The highest BCUT2D eigenvalue weighted by Gasteiger charge is 2.26. The van der Waals surface area contributed by atoms with Crippen LogP contribution in [0.15, 0.2) is 23.1 Å². The van der Waals surface area contributed by atoms with Gasteiger partial charge in [-0.25, -0.2) is 8.42 Å². The zero-order chi connectivity index (χ0) is 12.3. The summed E-state index contributed by atoms with van der Waals surface area (Å²) >= 11 is 0. The number of methoxy groups -OCH3 is 1. The van der Waals surface area contributed by atoms with E-state index in [-0.39, 0.29) is 10.6 Å². The number of rotatable bonds is 4. The van der Waals surface area contributed by atoms with Crippen LogP contribution in [0.1, 0.15) is 5.56 Å². The lowest BCUT2D eigenvalue weighted by molar-refractivity contribution is 0.291. The average molecular weight is 245 g/mol. The highest BCUT2D eigenvalue weighted by atomic mass is 32.2. The van der Waals surface area contributed by atoms with Crippen LogP contribution < -0.4 is 10.5 Å². The fourth-order valence-corrected chi connectivity index (χ4v) is 2.57. The molecule has 0 amide bonds. The Hall–Kier alpha value is -1.11. The molecular formula is C10H15NO4S. The Labute approximate surface area is 94.8 Å². The van der Waals surface area contributed by atoms with E-state index in [4.69, 9.17) is 15.6 Å². The third-order valence-corrected chi connectivity index (χ3v) is 4.08. The summed E-state index contributed by atoms with van der Waals surface area (Å²) in [5.41, 5.74) is 6.14. The number of benzene rings is 1. The minimum Gasteiger partial charge on any atom is -0.495 e. The molecule has 5 nitrogen and oxygen atoms in total. The number of aryl methyl sites for hydroxylation is 1. The Kier molecular flexibility index (Phi) is 3.90. The molecule has 1 aromatic rings. The lowest BCUT2D eigenvalue weighted by atomic mass is 10.2. The van der Waals surface area contributed by atoms with Crippen LogP contribution in [-0.2, 0) is 9.84 Å². The van der Waals surface area contributed by atoms with Gasteiger partial charge in [-0.15, -0.1) is 0 Å². The third kappa shape index (κ3) is 2.34. The van der Waals surface area contributed by atoms with Crippen molar-refractivity contribution in [2.24, 2.45) is 5.73 Å². The van der Waals surface area contributed by atoms with Crippen molar-refractivity contribution >= 4 is 9.84 Å². The van der Waals surface area contributed by atoms with Gasteiger partial charge in [0.05, 0.1) is 13.7 Å². The maximum atomic E-state index is 11.9. The first-order valence-electron chi connectivity index (χ1n) is 4.68. The summed E-state index contributed by atoms with van der Waals surface area (Å²) in [5.74, 6) is 0.231. The van der Waals surface area contributed by atoms with Crippen molar-refractivity contribution in [3.63, 3.8) is 0 Å². The smallest absolute Gasteiger partial charge is 0.199 e. The highest BCUT2D eigenvalue weighted by Crippen LogP contribution is 2.26. The fraction of sp³-hybridized carbons (Fsp3) is 0.400. The highest BCUT2D eigenvalue weighted by molar-refractivity contribution is 7.92. The predicted molar refractivity (Wildman–Crippen MR) is 60.0 cm³/mol. The number of aliphatic hydroxyl groups is 1. The number of aliphatic hydroxyl groups excluding tert-OH is 1. The van der Waals surface area contributed by atoms with Gasteiger partial charge in [0.25, 0.3) is 0 Å². The Morgan fingerprint density at radius 1 is 1.50 bits per heavy atom. The second-order valence-electron chi connectivity index (χ2n) is 3.42. The molecule has 6 heteroatoms. The van der Waals surface area contributed by atoms with E-state index >= 15 is 0 Å². The topological polar surface area (TPSA) is 89.6 Å². The van der Waals surface area contributed by atoms with Gasteiger partial charge in [0.15, 0.2) is 9.84 Å². The molecule has 90 valence electrons. The lowest BCUT2D eigenvalue weighted by Crippen LogP contribution is -2.34. The van der Waals surface area contributed by atoms with Gasteiger partial charge in [0.1, 0.15) is 16.0 Å². The summed E-state index contributed by atoms with van der Waals surface area (Å²) < 4.78 is 28.8. The van der Waals surface area contributed by atoms with Crippen LogP contribution in [-0.4, -0.2) is 32.6 Å². The summed E-state index contributed by atoms with van der Waals surface area (Å²) in [7, 11) is -2.37. The van der Waals surface area contributed by atoms with Crippen molar-refractivity contribution in [3.8, 4) is 5.75 Å². The molecule has 1 rings (SSSR count). The molecule has 1 unspecified atom stereocenters. The molecule has 0 fully saturated rings. The number of ether oxygens (including phenoxy) is 1. The first kappa shape index (κ1) is 13.0. The van der Waals surface area contributed by atoms with E-state index in [1.165, 1.54) is 13.2 Å². The van der Waals surface area contributed by atoms with E-state index in [9.17, 15) is 8.42 Å². The van der Waals surface area contributed by atoms with E-state index < -0.39 is 21.8 Å². The molecular weight excluding hydrogens is 230 g/mol. The number of nitrogens with two attached hydrogens (primary N) is 1. The normalized spacial score (nSPS) is 13.5.